The Balaban J connectivity index is 1.76. The van der Waals surface area contributed by atoms with E-state index >= 15 is 0 Å². The zero-order valence-electron chi connectivity index (χ0n) is 13.4. The summed E-state index contributed by atoms with van der Waals surface area (Å²) in [6.45, 7) is 0.470. The molecule has 2 aliphatic rings. The molecule has 1 fully saturated rings. The predicted molar refractivity (Wildman–Crippen MR) is 88.0 cm³/mol. The highest BCUT2D eigenvalue weighted by atomic mass is 32.2. The Kier molecular flexibility index (Phi) is 3.49. The Morgan fingerprint density at radius 2 is 2.12 bits per heavy atom. The minimum absolute atomic E-state index is 0.174. The third kappa shape index (κ3) is 2.62. The summed E-state index contributed by atoms with van der Waals surface area (Å²) in [4.78, 5) is 14.6. The number of rotatable bonds is 3. The van der Waals surface area contributed by atoms with Gasteiger partial charge in [-0.15, -0.1) is 0 Å². The number of hydrogen-bond donors (Lipinski definition) is 0. The second kappa shape index (κ2) is 5.44. The number of fused-ring (bicyclic) bond motifs is 1. The van der Waals surface area contributed by atoms with Crippen molar-refractivity contribution >= 4 is 21.4 Å². The molecule has 0 bridgehead atoms. The lowest BCUT2D eigenvalue weighted by Gasteiger charge is -2.30. The van der Waals surface area contributed by atoms with Crippen LogP contribution in [0.25, 0.3) is 0 Å². The average Bonchev–Trinajstić information content (AvgIpc) is 3.29. The van der Waals surface area contributed by atoms with E-state index in [1.54, 1.807) is 18.2 Å². The van der Waals surface area contributed by atoms with E-state index in [0.717, 1.165) is 36.9 Å². The molecule has 24 heavy (non-hydrogen) atoms. The topological polar surface area (TPSA) is 80.5 Å². The molecule has 1 saturated carbocycles. The molecule has 0 radical (unpaired) electrons. The van der Waals surface area contributed by atoms with Crippen LogP contribution in [0.15, 0.2) is 33.7 Å². The third-order valence-electron chi connectivity index (χ3n) is 4.56. The van der Waals surface area contributed by atoms with Crippen molar-refractivity contribution in [1.29, 1.82) is 0 Å². The van der Waals surface area contributed by atoms with Crippen molar-refractivity contribution < 1.29 is 17.7 Å². The van der Waals surface area contributed by atoms with Crippen LogP contribution in [0.3, 0.4) is 0 Å². The lowest BCUT2D eigenvalue weighted by Crippen LogP contribution is -2.36. The van der Waals surface area contributed by atoms with Crippen LogP contribution >= 0.6 is 0 Å². The predicted octanol–water partition coefficient (Wildman–Crippen LogP) is 2.55. The van der Waals surface area contributed by atoms with E-state index in [-0.39, 0.29) is 16.6 Å². The van der Waals surface area contributed by atoms with Crippen LogP contribution in [0.1, 0.15) is 47.0 Å². The summed E-state index contributed by atoms with van der Waals surface area (Å²) in [6, 6.07) is 6.84. The van der Waals surface area contributed by atoms with Crippen molar-refractivity contribution in [3.05, 3.63) is 41.3 Å². The smallest absolute Gasteiger partial charge is 0.296 e. The van der Waals surface area contributed by atoms with Gasteiger partial charge in [-0.3, -0.25) is 4.79 Å². The highest BCUT2D eigenvalue weighted by Crippen LogP contribution is 2.40. The average molecular weight is 346 g/mol. The Bertz CT molecular complexity index is 912. The highest BCUT2D eigenvalue weighted by Gasteiger charge is 2.33. The van der Waals surface area contributed by atoms with Crippen LogP contribution in [0.5, 0.6) is 0 Å². The highest BCUT2D eigenvalue weighted by molar-refractivity contribution is 7.90. The number of aromatic nitrogens is 1. The van der Waals surface area contributed by atoms with Gasteiger partial charge in [0.05, 0.1) is 16.3 Å². The maximum Gasteiger partial charge on any atom is 0.296 e. The van der Waals surface area contributed by atoms with Gasteiger partial charge in [0.15, 0.2) is 9.84 Å². The molecule has 1 aliphatic heterocycles. The van der Waals surface area contributed by atoms with Crippen LogP contribution in [-0.4, -0.2) is 32.3 Å². The molecule has 0 spiro atoms. The van der Waals surface area contributed by atoms with Crippen molar-refractivity contribution in [2.24, 2.45) is 0 Å². The van der Waals surface area contributed by atoms with Crippen LogP contribution in [0, 0.1) is 0 Å². The second-order valence-electron chi connectivity index (χ2n) is 6.49. The van der Waals surface area contributed by atoms with Gasteiger partial charge >= 0.3 is 0 Å². The number of carbonyl (C=O) groups excluding carboxylic acids is 1. The van der Waals surface area contributed by atoms with Gasteiger partial charge in [-0.2, -0.15) is 0 Å². The Labute approximate surface area is 140 Å². The molecular formula is C17H18N2O4S. The number of nitrogens with zero attached hydrogens (tertiary/aromatic N) is 2. The zero-order chi connectivity index (χ0) is 16.9. The molecule has 1 aromatic carbocycles. The van der Waals surface area contributed by atoms with Crippen molar-refractivity contribution in [3.63, 3.8) is 0 Å². The first-order valence-electron chi connectivity index (χ1n) is 8.05. The number of benzene rings is 1. The van der Waals surface area contributed by atoms with Crippen molar-refractivity contribution in [2.75, 3.05) is 17.7 Å². The fourth-order valence-electron chi connectivity index (χ4n) is 3.21. The lowest BCUT2D eigenvalue weighted by molar-refractivity contribution is 0.0949. The molecule has 126 valence electrons. The number of amides is 1. The molecule has 0 N–H and O–H groups in total. The molecule has 4 rings (SSSR count). The molecule has 7 heteroatoms. The number of hydrogen-bond acceptors (Lipinski definition) is 5. The first kappa shape index (κ1) is 15.4. The SMILES string of the molecule is CS(=O)(=O)c1cccc2c1N(C(=O)c1cc(C3CC3)no1)CCC2. The number of sulfone groups is 1. The first-order valence-corrected chi connectivity index (χ1v) is 9.95. The fraction of sp³-hybridized carbons (Fsp3) is 0.412. The van der Waals surface area contributed by atoms with Crippen molar-refractivity contribution in [3.8, 4) is 0 Å². The second-order valence-corrected chi connectivity index (χ2v) is 8.47. The summed E-state index contributed by atoms with van der Waals surface area (Å²) in [6.07, 6.45) is 4.86. The molecule has 1 aliphatic carbocycles. The van der Waals surface area contributed by atoms with Gasteiger partial charge in [0.2, 0.25) is 5.76 Å². The van der Waals surface area contributed by atoms with Gasteiger partial charge < -0.3 is 9.42 Å². The van der Waals surface area contributed by atoms with Crippen LogP contribution < -0.4 is 4.90 Å². The lowest BCUT2D eigenvalue weighted by atomic mass is 10.0. The largest absolute Gasteiger partial charge is 0.351 e. The number of aryl methyl sites for hydroxylation is 1. The molecule has 0 unspecified atom stereocenters. The molecule has 2 heterocycles. The summed E-state index contributed by atoms with van der Waals surface area (Å²) in [5, 5.41) is 3.98. The van der Waals surface area contributed by atoms with Gasteiger partial charge in [-0.25, -0.2) is 8.42 Å². The normalized spacial score (nSPS) is 17.6. The van der Waals surface area contributed by atoms with Crippen LogP contribution in [0.4, 0.5) is 5.69 Å². The molecular weight excluding hydrogens is 328 g/mol. The molecule has 1 aromatic heterocycles. The molecule has 0 atom stereocenters. The summed E-state index contributed by atoms with van der Waals surface area (Å²) >= 11 is 0. The van der Waals surface area contributed by atoms with Crippen molar-refractivity contribution in [1.82, 2.24) is 5.16 Å². The number of carbonyl (C=O) groups is 1. The summed E-state index contributed by atoms with van der Waals surface area (Å²) < 4.78 is 29.5. The zero-order valence-corrected chi connectivity index (χ0v) is 14.2. The number of anilines is 1. The Hall–Kier alpha value is -2.15. The molecule has 2 aromatic rings. The third-order valence-corrected chi connectivity index (χ3v) is 5.69. The van der Waals surface area contributed by atoms with Gasteiger partial charge in [-0.05, 0) is 37.3 Å². The van der Waals surface area contributed by atoms with E-state index in [9.17, 15) is 13.2 Å². The quantitative estimate of drug-likeness (QED) is 0.853. The summed E-state index contributed by atoms with van der Waals surface area (Å²) in [5.41, 5.74) is 2.17. The van der Waals surface area contributed by atoms with Gasteiger partial charge in [-0.1, -0.05) is 17.3 Å². The Morgan fingerprint density at radius 3 is 2.83 bits per heavy atom. The summed E-state index contributed by atoms with van der Waals surface area (Å²) in [5.74, 6) is 0.245. The first-order chi connectivity index (χ1) is 11.4. The monoisotopic (exact) mass is 346 g/mol. The molecule has 1 amide bonds. The maximum atomic E-state index is 12.9. The van der Waals surface area contributed by atoms with Gasteiger partial charge in [0.1, 0.15) is 0 Å². The summed E-state index contributed by atoms with van der Waals surface area (Å²) in [7, 11) is -3.43. The van der Waals surface area contributed by atoms with E-state index < -0.39 is 9.84 Å². The maximum absolute atomic E-state index is 12.9. The van der Waals surface area contributed by atoms with E-state index in [2.05, 4.69) is 5.16 Å². The fourth-order valence-corrected chi connectivity index (χ4v) is 4.13. The van der Waals surface area contributed by atoms with E-state index in [1.807, 2.05) is 6.07 Å². The number of para-hydroxylation sites is 1. The van der Waals surface area contributed by atoms with Crippen LogP contribution in [0.2, 0.25) is 0 Å². The molecule has 0 saturated heterocycles. The molecule has 6 nitrogen and oxygen atoms in total. The van der Waals surface area contributed by atoms with Gasteiger partial charge in [0, 0.05) is 24.8 Å². The van der Waals surface area contributed by atoms with Crippen molar-refractivity contribution in [2.45, 2.75) is 36.5 Å². The standard InChI is InChI=1S/C17H18N2O4S/c1-24(21,22)15-6-2-4-12-5-3-9-19(16(12)15)17(20)14-10-13(18-23-14)11-7-8-11/h2,4,6,10-11H,3,5,7-9H2,1H3. The van der Waals surface area contributed by atoms with Gasteiger partial charge in [0.25, 0.3) is 5.91 Å². The minimum Gasteiger partial charge on any atom is -0.351 e. The Morgan fingerprint density at radius 1 is 1.33 bits per heavy atom. The van der Waals surface area contributed by atoms with E-state index in [1.165, 1.54) is 11.2 Å². The van der Waals surface area contributed by atoms with E-state index in [0.29, 0.717) is 18.2 Å². The minimum atomic E-state index is -3.43. The van der Waals surface area contributed by atoms with Crippen LogP contribution in [-0.2, 0) is 16.3 Å². The van der Waals surface area contributed by atoms with E-state index in [4.69, 9.17) is 4.52 Å².